The third kappa shape index (κ3) is 1.58. The Balaban J connectivity index is 2.51. The quantitative estimate of drug-likeness (QED) is 0.605. The van der Waals surface area contributed by atoms with Crippen LogP contribution < -0.4 is 0 Å². The Morgan fingerprint density at radius 3 is 2.61 bits per heavy atom. The Kier molecular flexibility index (Phi) is 3.07. The lowest BCUT2D eigenvalue weighted by molar-refractivity contribution is -0.155. The number of Topliss-reactive ketones (excluding diaryl/α,β-unsaturated/α-hetero) is 1. The van der Waals surface area contributed by atoms with Gasteiger partial charge in [0.1, 0.15) is 0 Å². The highest BCUT2D eigenvalue weighted by Crippen LogP contribution is 2.47. The molecule has 1 aliphatic carbocycles. The van der Waals surface area contributed by atoms with Crippen molar-refractivity contribution in [3.05, 3.63) is 42.0 Å². The third-order valence-electron chi connectivity index (χ3n) is 3.54. The number of ketones is 1. The summed E-state index contributed by atoms with van der Waals surface area (Å²) in [5.74, 6) is -0.694. The molecule has 1 aromatic rings. The van der Waals surface area contributed by atoms with Gasteiger partial charge in [0.15, 0.2) is 11.2 Å². The molecule has 0 N–H and O–H groups in total. The highest BCUT2D eigenvalue weighted by molar-refractivity contribution is 6.15. The lowest BCUT2D eigenvalue weighted by Crippen LogP contribution is -2.39. The number of hydrogen-bond acceptors (Lipinski definition) is 3. The summed E-state index contributed by atoms with van der Waals surface area (Å²) < 4.78 is 5.07. The molecule has 0 heterocycles. The average Bonchev–Trinajstić information content (AvgIpc) is 2.65. The van der Waals surface area contributed by atoms with Gasteiger partial charge in [-0.2, -0.15) is 0 Å². The van der Waals surface area contributed by atoms with Crippen molar-refractivity contribution in [1.82, 2.24) is 0 Å². The van der Waals surface area contributed by atoms with Gasteiger partial charge in [-0.15, -0.1) is 0 Å². The van der Waals surface area contributed by atoms with Crippen LogP contribution in [0.5, 0.6) is 0 Å². The van der Waals surface area contributed by atoms with Crippen LogP contribution in [-0.4, -0.2) is 18.4 Å². The van der Waals surface area contributed by atoms with Gasteiger partial charge in [0.25, 0.3) is 0 Å². The van der Waals surface area contributed by atoms with Crippen LogP contribution in [0.1, 0.15) is 25.0 Å². The number of carbonyl (C=O) groups excluding carboxylic acids is 2. The molecule has 0 saturated heterocycles. The molecule has 1 atom stereocenters. The summed E-state index contributed by atoms with van der Waals surface area (Å²) in [7, 11) is 0. The molecule has 0 radical (unpaired) electrons. The van der Waals surface area contributed by atoms with Gasteiger partial charge in [-0.1, -0.05) is 30.8 Å². The maximum absolute atomic E-state index is 12.2. The largest absolute Gasteiger partial charge is 0.465 e. The van der Waals surface area contributed by atoms with E-state index >= 15 is 0 Å². The van der Waals surface area contributed by atoms with Crippen molar-refractivity contribution < 1.29 is 14.3 Å². The number of hydrogen-bond donors (Lipinski definition) is 0. The summed E-state index contributed by atoms with van der Waals surface area (Å²) >= 11 is 0. The summed E-state index contributed by atoms with van der Waals surface area (Å²) in [6.07, 6.45) is 0.357. The average molecular weight is 244 g/mol. The van der Waals surface area contributed by atoms with Gasteiger partial charge < -0.3 is 4.74 Å². The minimum atomic E-state index is -1.22. The zero-order valence-corrected chi connectivity index (χ0v) is 10.7. The monoisotopic (exact) mass is 244 g/mol. The van der Waals surface area contributed by atoms with Gasteiger partial charge in [0.2, 0.25) is 0 Å². The van der Waals surface area contributed by atoms with E-state index in [4.69, 9.17) is 4.74 Å². The van der Waals surface area contributed by atoms with Crippen molar-refractivity contribution in [2.24, 2.45) is 5.41 Å². The van der Waals surface area contributed by atoms with E-state index in [1.165, 1.54) is 6.92 Å². The highest BCUT2D eigenvalue weighted by atomic mass is 16.5. The fourth-order valence-corrected chi connectivity index (χ4v) is 2.52. The molecule has 0 saturated carbocycles. The summed E-state index contributed by atoms with van der Waals surface area (Å²) in [6, 6.07) is 7.59. The van der Waals surface area contributed by atoms with E-state index in [-0.39, 0.29) is 12.4 Å². The molecular weight excluding hydrogens is 228 g/mol. The van der Waals surface area contributed by atoms with E-state index in [1.807, 2.05) is 24.3 Å². The van der Waals surface area contributed by atoms with Gasteiger partial charge >= 0.3 is 5.97 Å². The normalized spacial score (nSPS) is 21.6. The molecular formula is C15H16O3. The Morgan fingerprint density at radius 1 is 1.39 bits per heavy atom. The van der Waals surface area contributed by atoms with Crippen molar-refractivity contribution in [2.45, 2.75) is 20.3 Å². The first-order chi connectivity index (χ1) is 8.54. The molecule has 18 heavy (non-hydrogen) atoms. The van der Waals surface area contributed by atoms with Crippen LogP contribution in [0.25, 0.3) is 5.57 Å². The molecule has 1 aliphatic rings. The van der Waals surface area contributed by atoms with Gasteiger partial charge in [-0.3, -0.25) is 9.59 Å². The Labute approximate surface area is 106 Å². The number of fused-ring (bicyclic) bond motifs is 1. The van der Waals surface area contributed by atoms with Crippen LogP contribution in [0, 0.1) is 5.41 Å². The summed E-state index contributed by atoms with van der Waals surface area (Å²) in [6.45, 7) is 7.37. The van der Waals surface area contributed by atoms with E-state index in [0.29, 0.717) is 12.0 Å². The van der Waals surface area contributed by atoms with Crippen LogP contribution in [0.2, 0.25) is 0 Å². The van der Waals surface area contributed by atoms with Crippen molar-refractivity contribution in [1.29, 1.82) is 0 Å². The second kappa shape index (κ2) is 4.41. The Bertz CT molecular complexity index is 530. The van der Waals surface area contributed by atoms with Crippen molar-refractivity contribution in [3.63, 3.8) is 0 Å². The second-order valence-corrected chi connectivity index (χ2v) is 4.49. The van der Waals surface area contributed by atoms with E-state index in [9.17, 15) is 9.59 Å². The van der Waals surface area contributed by atoms with Crippen LogP contribution in [0.4, 0.5) is 0 Å². The third-order valence-corrected chi connectivity index (χ3v) is 3.54. The van der Waals surface area contributed by atoms with Crippen LogP contribution in [0.15, 0.2) is 30.8 Å². The Hall–Kier alpha value is -1.90. The fraction of sp³-hybridized carbons (Fsp3) is 0.333. The fourth-order valence-electron chi connectivity index (χ4n) is 2.52. The lowest BCUT2D eigenvalue weighted by Gasteiger charge is -2.24. The Morgan fingerprint density at radius 2 is 2.06 bits per heavy atom. The molecule has 0 amide bonds. The lowest BCUT2D eigenvalue weighted by atomic mass is 9.78. The zero-order chi connectivity index (χ0) is 13.3. The maximum Gasteiger partial charge on any atom is 0.324 e. The second-order valence-electron chi connectivity index (χ2n) is 4.49. The predicted octanol–water partition coefficient (Wildman–Crippen LogP) is 2.39. The van der Waals surface area contributed by atoms with Crippen molar-refractivity contribution in [2.75, 3.05) is 6.61 Å². The molecule has 0 bridgehead atoms. The maximum atomic E-state index is 12.2. The van der Waals surface area contributed by atoms with E-state index in [0.717, 1.165) is 11.1 Å². The van der Waals surface area contributed by atoms with Crippen LogP contribution in [-0.2, 0) is 20.7 Å². The minimum Gasteiger partial charge on any atom is -0.465 e. The van der Waals surface area contributed by atoms with Crippen LogP contribution >= 0.6 is 0 Å². The molecule has 0 aliphatic heterocycles. The number of ether oxygens (including phenoxy) is 1. The number of esters is 1. The first-order valence-electron chi connectivity index (χ1n) is 6.00. The SMILES string of the molecule is C=C1c2ccccc2CC1(C(C)=O)C(=O)OCC. The first kappa shape index (κ1) is 12.6. The molecule has 0 spiro atoms. The molecule has 94 valence electrons. The number of benzene rings is 1. The van der Waals surface area contributed by atoms with Crippen molar-refractivity contribution in [3.8, 4) is 0 Å². The standard InChI is InChI=1S/C15H16O3/c1-4-18-14(17)15(11(3)16)9-12-7-5-6-8-13(12)10(15)2/h5-8H,2,4,9H2,1,3H3. The molecule has 1 unspecified atom stereocenters. The molecule has 3 heteroatoms. The topological polar surface area (TPSA) is 43.4 Å². The smallest absolute Gasteiger partial charge is 0.324 e. The predicted molar refractivity (Wildman–Crippen MR) is 68.9 cm³/mol. The molecule has 1 aromatic carbocycles. The molecule has 0 aromatic heterocycles. The summed E-state index contributed by atoms with van der Waals surface area (Å²) in [5, 5.41) is 0. The molecule has 0 fully saturated rings. The summed E-state index contributed by atoms with van der Waals surface area (Å²) in [4.78, 5) is 24.2. The van der Waals surface area contributed by atoms with E-state index in [2.05, 4.69) is 6.58 Å². The zero-order valence-electron chi connectivity index (χ0n) is 10.7. The first-order valence-corrected chi connectivity index (χ1v) is 6.00. The van der Waals surface area contributed by atoms with Gasteiger partial charge in [-0.25, -0.2) is 0 Å². The number of carbonyl (C=O) groups is 2. The van der Waals surface area contributed by atoms with Gasteiger partial charge in [0.05, 0.1) is 6.61 Å². The van der Waals surface area contributed by atoms with E-state index in [1.54, 1.807) is 6.92 Å². The molecule has 3 nitrogen and oxygen atoms in total. The van der Waals surface area contributed by atoms with E-state index < -0.39 is 11.4 Å². The highest BCUT2D eigenvalue weighted by Gasteiger charge is 2.52. The number of rotatable bonds is 3. The van der Waals surface area contributed by atoms with Crippen LogP contribution in [0.3, 0.4) is 0 Å². The minimum absolute atomic E-state index is 0.206. The van der Waals surface area contributed by atoms with Gasteiger partial charge in [-0.05, 0) is 30.5 Å². The van der Waals surface area contributed by atoms with Crippen molar-refractivity contribution >= 4 is 17.3 Å². The summed E-state index contributed by atoms with van der Waals surface area (Å²) in [5.41, 5.74) is 1.20. The van der Waals surface area contributed by atoms with Gasteiger partial charge in [0, 0.05) is 6.42 Å². The molecule has 2 rings (SSSR count).